The standard InChI is InChI=1S/C12H18BrNO/c1-9(7-8-15-2)12(14)10-3-5-11(13)6-4-10/h3-6,9,12H,7-8,14H2,1-2H3. The SMILES string of the molecule is COCCC(C)C(N)c1ccc(Br)cc1. The number of halogens is 1. The van der Waals surface area contributed by atoms with Gasteiger partial charge in [0.1, 0.15) is 0 Å². The summed E-state index contributed by atoms with van der Waals surface area (Å²) < 4.78 is 6.14. The lowest BCUT2D eigenvalue weighted by atomic mass is 9.93. The second kappa shape index (κ2) is 6.26. The van der Waals surface area contributed by atoms with Crippen LogP contribution in [0, 0.1) is 5.92 Å². The molecule has 2 atom stereocenters. The second-order valence-electron chi connectivity index (χ2n) is 3.84. The lowest BCUT2D eigenvalue weighted by Crippen LogP contribution is -2.20. The third kappa shape index (κ3) is 3.93. The van der Waals surface area contributed by atoms with E-state index >= 15 is 0 Å². The van der Waals surface area contributed by atoms with Crippen molar-refractivity contribution >= 4 is 15.9 Å². The predicted molar refractivity (Wildman–Crippen MR) is 66.7 cm³/mol. The third-order valence-corrected chi connectivity index (χ3v) is 3.17. The zero-order chi connectivity index (χ0) is 11.3. The molecular weight excluding hydrogens is 254 g/mol. The summed E-state index contributed by atoms with van der Waals surface area (Å²) in [5, 5.41) is 0. The van der Waals surface area contributed by atoms with Crippen LogP contribution in [0.25, 0.3) is 0 Å². The Labute approximate surface area is 99.9 Å². The van der Waals surface area contributed by atoms with Gasteiger partial charge in [-0.25, -0.2) is 0 Å². The average Bonchev–Trinajstić information content (AvgIpc) is 2.26. The van der Waals surface area contributed by atoms with Crippen molar-refractivity contribution in [3.8, 4) is 0 Å². The van der Waals surface area contributed by atoms with Gasteiger partial charge in [0.2, 0.25) is 0 Å². The third-order valence-electron chi connectivity index (χ3n) is 2.65. The van der Waals surface area contributed by atoms with E-state index in [4.69, 9.17) is 10.5 Å². The molecule has 0 aliphatic rings. The minimum atomic E-state index is 0.0910. The molecule has 0 amide bonds. The lowest BCUT2D eigenvalue weighted by molar-refractivity contribution is 0.174. The maximum absolute atomic E-state index is 6.16. The number of nitrogens with two attached hydrogens (primary N) is 1. The predicted octanol–water partition coefficient (Wildman–Crippen LogP) is 3.12. The molecule has 1 aromatic carbocycles. The molecule has 0 saturated heterocycles. The first-order valence-corrected chi connectivity index (χ1v) is 5.94. The molecule has 3 heteroatoms. The van der Waals surface area contributed by atoms with Gasteiger partial charge in [0.05, 0.1) is 0 Å². The fraction of sp³-hybridized carbons (Fsp3) is 0.500. The highest BCUT2D eigenvalue weighted by Crippen LogP contribution is 2.23. The Morgan fingerprint density at radius 1 is 1.33 bits per heavy atom. The summed E-state index contributed by atoms with van der Waals surface area (Å²) in [6, 6.07) is 8.28. The molecular formula is C12H18BrNO. The lowest BCUT2D eigenvalue weighted by Gasteiger charge is -2.19. The minimum Gasteiger partial charge on any atom is -0.385 e. The Morgan fingerprint density at radius 2 is 1.93 bits per heavy atom. The van der Waals surface area contributed by atoms with E-state index in [1.54, 1.807) is 7.11 Å². The van der Waals surface area contributed by atoms with Crippen LogP contribution in [0.15, 0.2) is 28.7 Å². The quantitative estimate of drug-likeness (QED) is 0.893. The monoisotopic (exact) mass is 271 g/mol. The summed E-state index contributed by atoms with van der Waals surface area (Å²) >= 11 is 3.41. The van der Waals surface area contributed by atoms with Gasteiger partial charge in [0, 0.05) is 24.2 Å². The summed E-state index contributed by atoms with van der Waals surface area (Å²) in [6.45, 7) is 2.93. The Kier molecular flexibility index (Phi) is 5.29. The van der Waals surface area contributed by atoms with E-state index in [2.05, 4.69) is 35.0 Å². The van der Waals surface area contributed by atoms with E-state index < -0.39 is 0 Å². The number of hydrogen-bond acceptors (Lipinski definition) is 2. The molecule has 0 fully saturated rings. The van der Waals surface area contributed by atoms with Gasteiger partial charge >= 0.3 is 0 Å². The van der Waals surface area contributed by atoms with Crippen molar-refractivity contribution in [3.63, 3.8) is 0 Å². The molecule has 2 N–H and O–H groups in total. The highest BCUT2D eigenvalue weighted by Gasteiger charge is 2.14. The molecule has 0 spiro atoms. The second-order valence-corrected chi connectivity index (χ2v) is 4.75. The first kappa shape index (κ1) is 12.7. The molecule has 1 rings (SSSR count). The van der Waals surface area contributed by atoms with Gasteiger partial charge in [-0.1, -0.05) is 35.0 Å². The van der Waals surface area contributed by atoms with Gasteiger partial charge in [0.25, 0.3) is 0 Å². The summed E-state index contributed by atoms with van der Waals surface area (Å²) in [5.41, 5.74) is 7.34. The molecule has 15 heavy (non-hydrogen) atoms. The molecule has 2 unspecified atom stereocenters. The van der Waals surface area contributed by atoms with Crippen molar-refractivity contribution in [3.05, 3.63) is 34.3 Å². The van der Waals surface area contributed by atoms with E-state index in [0.29, 0.717) is 5.92 Å². The Balaban J connectivity index is 2.59. The van der Waals surface area contributed by atoms with E-state index in [9.17, 15) is 0 Å². The molecule has 84 valence electrons. The van der Waals surface area contributed by atoms with Crippen molar-refractivity contribution < 1.29 is 4.74 Å². The van der Waals surface area contributed by atoms with E-state index in [0.717, 1.165) is 17.5 Å². The van der Waals surface area contributed by atoms with Crippen molar-refractivity contribution in [2.45, 2.75) is 19.4 Å². The van der Waals surface area contributed by atoms with E-state index in [1.165, 1.54) is 5.56 Å². The maximum Gasteiger partial charge on any atom is 0.0465 e. The maximum atomic E-state index is 6.16. The zero-order valence-electron chi connectivity index (χ0n) is 9.24. The van der Waals surface area contributed by atoms with Crippen LogP contribution in [-0.4, -0.2) is 13.7 Å². The number of ether oxygens (including phenoxy) is 1. The van der Waals surface area contributed by atoms with Crippen LogP contribution >= 0.6 is 15.9 Å². The van der Waals surface area contributed by atoms with Crippen molar-refractivity contribution in [1.29, 1.82) is 0 Å². The van der Waals surface area contributed by atoms with Gasteiger partial charge in [-0.3, -0.25) is 0 Å². The summed E-state index contributed by atoms with van der Waals surface area (Å²) in [7, 11) is 1.72. The number of rotatable bonds is 5. The van der Waals surface area contributed by atoms with Crippen LogP contribution in [-0.2, 0) is 4.74 Å². The first-order valence-electron chi connectivity index (χ1n) is 5.15. The van der Waals surface area contributed by atoms with Crippen LogP contribution in [0.4, 0.5) is 0 Å². The summed E-state index contributed by atoms with van der Waals surface area (Å²) in [6.07, 6.45) is 0.994. The van der Waals surface area contributed by atoms with Crippen LogP contribution in [0.1, 0.15) is 24.9 Å². The van der Waals surface area contributed by atoms with Crippen molar-refractivity contribution in [2.24, 2.45) is 11.7 Å². The Bertz CT molecular complexity index is 286. The van der Waals surface area contributed by atoms with Crippen LogP contribution in [0.2, 0.25) is 0 Å². The number of methoxy groups -OCH3 is 1. The molecule has 0 aliphatic heterocycles. The molecule has 1 aromatic rings. The molecule has 2 nitrogen and oxygen atoms in total. The molecule has 0 radical (unpaired) electrons. The Hall–Kier alpha value is -0.380. The van der Waals surface area contributed by atoms with E-state index in [-0.39, 0.29) is 6.04 Å². The molecule has 0 saturated carbocycles. The van der Waals surface area contributed by atoms with Gasteiger partial charge in [-0.2, -0.15) is 0 Å². The fourth-order valence-corrected chi connectivity index (χ4v) is 1.76. The number of hydrogen-bond donors (Lipinski definition) is 1. The molecule has 0 aliphatic carbocycles. The van der Waals surface area contributed by atoms with Gasteiger partial charge in [-0.15, -0.1) is 0 Å². The normalized spacial score (nSPS) is 14.9. The van der Waals surface area contributed by atoms with Crippen molar-refractivity contribution in [2.75, 3.05) is 13.7 Å². The average molecular weight is 272 g/mol. The number of benzene rings is 1. The van der Waals surface area contributed by atoms with Gasteiger partial charge < -0.3 is 10.5 Å². The smallest absolute Gasteiger partial charge is 0.0465 e. The topological polar surface area (TPSA) is 35.2 Å². The van der Waals surface area contributed by atoms with Crippen LogP contribution in [0.5, 0.6) is 0 Å². The van der Waals surface area contributed by atoms with Gasteiger partial charge in [0.15, 0.2) is 0 Å². The summed E-state index contributed by atoms with van der Waals surface area (Å²) in [4.78, 5) is 0. The molecule has 0 bridgehead atoms. The first-order chi connectivity index (χ1) is 7.15. The minimum absolute atomic E-state index is 0.0910. The van der Waals surface area contributed by atoms with Gasteiger partial charge in [-0.05, 0) is 30.0 Å². The largest absolute Gasteiger partial charge is 0.385 e. The zero-order valence-corrected chi connectivity index (χ0v) is 10.8. The van der Waals surface area contributed by atoms with E-state index in [1.807, 2.05) is 12.1 Å². The van der Waals surface area contributed by atoms with Crippen LogP contribution in [0.3, 0.4) is 0 Å². The van der Waals surface area contributed by atoms with Crippen LogP contribution < -0.4 is 5.73 Å². The Morgan fingerprint density at radius 3 is 2.47 bits per heavy atom. The summed E-state index contributed by atoms with van der Waals surface area (Å²) in [5.74, 6) is 0.436. The molecule has 0 heterocycles. The highest BCUT2D eigenvalue weighted by molar-refractivity contribution is 9.10. The fourth-order valence-electron chi connectivity index (χ4n) is 1.50. The van der Waals surface area contributed by atoms with Crippen molar-refractivity contribution in [1.82, 2.24) is 0 Å². The highest BCUT2D eigenvalue weighted by atomic mass is 79.9. The molecule has 0 aromatic heterocycles.